The molecule has 0 bridgehead atoms. The zero-order chi connectivity index (χ0) is 16.9. The van der Waals surface area contributed by atoms with Crippen LogP contribution in [-0.4, -0.2) is 21.0 Å². The number of aromatic nitrogens is 3. The molecule has 0 aliphatic rings. The summed E-state index contributed by atoms with van der Waals surface area (Å²) >= 11 is 0. The Morgan fingerprint density at radius 3 is 2.67 bits per heavy atom. The lowest BCUT2D eigenvalue weighted by Gasteiger charge is -2.07. The molecule has 0 radical (unpaired) electrons. The molecule has 2 N–H and O–H groups in total. The summed E-state index contributed by atoms with van der Waals surface area (Å²) < 4.78 is 17.8. The SMILES string of the molecule is Cc1cc(NC(=O)c2cc(NCc3ccc(F)cc3)ncn2)no1. The average molecular weight is 327 g/mol. The highest BCUT2D eigenvalue weighted by Gasteiger charge is 2.11. The van der Waals surface area contributed by atoms with E-state index in [0.717, 1.165) is 5.56 Å². The first-order valence-corrected chi connectivity index (χ1v) is 7.15. The number of rotatable bonds is 5. The second-order valence-corrected chi connectivity index (χ2v) is 5.05. The summed E-state index contributed by atoms with van der Waals surface area (Å²) in [5.74, 6) is 0.681. The van der Waals surface area contributed by atoms with Gasteiger partial charge in [0, 0.05) is 18.7 Å². The van der Waals surface area contributed by atoms with E-state index in [4.69, 9.17) is 4.52 Å². The number of carbonyl (C=O) groups excluding carboxylic acids is 1. The molecule has 0 saturated carbocycles. The van der Waals surface area contributed by atoms with Crippen LogP contribution in [0.4, 0.5) is 16.0 Å². The second kappa shape index (κ2) is 6.86. The molecule has 0 fully saturated rings. The van der Waals surface area contributed by atoms with Crippen molar-refractivity contribution in [1.29, 1.82) is 0 Å². The van der Waals surface area contributed by atoms with Crippen molar-refractivity contribution in [2.75, 3.05) is 10.6 Å². The summed E-state index contributed by atoms with van der Waals surface area (Å²) in [6.45, 7) is 2.17. The van der Waals surface area contributed by atoms with Crippen LogP contribution in [0.2, 0.25) is 0 Å². The normalized spacial score (nSPS) is 10.4. The summed E-state index contributed by atoms with van der Waals surface area (Å²) in [6.07, 6.45) is 1.29. The van der Waals surface area contributed by atoms with E-state index >= 15 is 0 Å². The highest BCUT2D eigenvalue weighted by Crippen LogP contribution is 2.11. The van der Waals surface area contributed by atoms with Crippen LogP contribution in [0.15, 0.2) is 47.2 Å². The molecule has 3 rings (SSSR count). The summed E-state index contributed by atoms with van der Waals surface area (Å²) in [5.41, 5.74) is 1.08. The maximum absolute atomic E-state index is 12.9. The Hall–Kier alpha value is -3.29. The molecule has 2 aromatic heterocycles. The van der Waals surface area contributed by atoms with E-state index in [1.165, 1.54) is 24.5 Å². The smallest absolute Gasteiger partial charge is 0.275 e. The number of nitrogens with zero attached hydrogens (tertiary/aromatic N) is 3. The Kier molecular flexibility index (Phi) is 4.46. The summed E-state index contributed by atoms with van der Waals surface area (Å²) in [5, 5.41) is 9.33. The molecule has 8 heteroatoms. The number of carbonyl (C=O) groups is 1. The third kappa shape index (κ3) is 3.92. The lowest BCUT2D eigenvalue weighted by Crippen LogP contribution is -2.15. The van der Waals surface area contributed by atoms with Crippen LogP contribution in [-0.2, 0) is 6.54 Å². The van der Waals surface area contributed by atoms with Crippen molar-refractivity contribution in [3.63, 3.8) is 0 Å². The molecule has 0 unspecified atom stereocenters. The van der Waals surface area contributed by atoms with Crippen LogP contribution in [0.3, 0.4) is 0 Å². The topological polar surface area (TPSA) is 92.9 Å². The van der Waals surface area contributed by atoms with Gasteiger partial charge in [-0.15, -0.1) is 0 Å². The van der Waals surface area contributed by atoms with Crippen molar-refractivity contribution >= 4 is 17.5 Å². The van der Waals surface area contributed by atoms with Gasteiger partial charge in [-0.1, -0.05) is 17.3 Å². The summed E-state index contributed by atoms with van der Waals surface area (Å²) in [4.78, 5) is 20.1. The highest BCUT2D eigenvalue weighted by atomic mass is 19.1. The number of nitrogens with one attached hydrogen (secondary N) is 2. The van der Waals surface area contributed by atoms with Gasteiger partial charge in [-0.05, 0) is 24.6 Å². The predicted octanol–water partition coefficient (Wildman–Crippen LogP) is 2.78. The van der Waals surface area contributed by atoms with Gasteiger partial charge in [0.2, 0.25) is 0 Å². The Balaban J connectivity index is 1.64. The van der Waals surface area contributed by atoms with Crippen molar-refractivity contribution < 1.29 is 13.7 Å². The number of aryl methyl sites for hydroxylation is 1. The molecule has 1 aromatic carbocycles. The van der Waals surface area contributed by atoms with E-state index in [9.17, 15) is 9.18 Å². The van der Waals surface area contributed by atoms with E-state index in [1.807, 2.05) is 0 Å². The van der Waals surface area contributed by atoms with Gasteiger partial charge < -0.3 is 15.2 Å². The Morgan fingerprint density at radius 2 is 1.96 bits per heavy atom. The zero-order valence-electron chi connectivity index (χ0n) is 12.8. The van der Waals surface area contributed by atoms with Crippen molar-refractivity contribution in [1.82, 2.24) is 15.1 Å². The molecule has 122 valence electrons. The minimum atomic E-state index is -0.421. The number of hydrogen-bond acceptors (Lipinski definition) is 6. The molecule has 0 atom stereocenters. The van der Waals surface area contributed by atoms with Gasteiger partial charge in [-0.3, -0.25) is 4.79 Å². The molecule has 24 heavy (non-hydrogen) atoms. The van der Waals surface area contributed by atoms with E-state index in [2.05, 4.69) is 25.8 Å². The molecule has 0 spiro atoms. The lowest BCUT2D eigenvalue weighted by molar-refractivity contribution is 0.102. The number of amides is 1. The molecule has 2 heterocycles. The first-order valence-electron chi connectivity index (χ1n) is 7.15. The van der Waals surface area contributed by atoms with Crippen molar-refractivity contribution in [3.05, 3.63) is 65.6 Å². The number of benzene rings is 1. The second-order valence-electron chi connectivity index (χ2n) is 5.05. The van der Waals surface area contributed by atoms with Crippen molar-refractivity contribution in [3.8, 4) is 0 Å². The van der Waals surface area contributed by atoms with E-state index < -0.39 is 5.91 Å². The van der Waals surface area contributed by atoms with Gasteiger partial charge in [0.05, 0.1) is 0 Å². The van der Waals surface area contributed by atoms with Crippen LogP contribution >= 0.6 is 0 Å². The Labute approximate surface area is 136 Å². The van der Waals surface area contributed by atoms with E-state index in [-0.39, 0.29) is 11.5 Å². The third-order valence-corrected chi connectivity index (χ3v) is 3.16. The fourth-order valence-corrected chi connectivity index (χ4v) is 1.98. The maximum Gasteiger partial charge on any atom is 0.275 e. The van der Waals surface area contributed by atoms with Crippen molar-refractivity contribution in [2.45, 2.75) is 13.5 Å². The quantitative estimate of drug-likeness (QED) is 0.748. The molecule has 1 amide bonds. The summed E-state index contributed by atoms with van der Waals surface area (Å²) in [7, 11) is 0. The van der Waals surface area contributed by atoms with Gasteiger partial charge in [-0.25, -0.2) is 14.4 Å². The predicted molar refractivity (Wildman–Crippen MR) is 85.0 cm³/mol. The highest BCUT2D eigenvalue weighted by molar-refractivity contribution is 6.02. The van der Waals surface area contributed by atoms with Gasteiger partial charge in [0.15, 0.2) is 5.82 Å². The molecule has 0 aliphatic heterocycles. The first kappa shape index (κ1) is 15.6. The fraction of sp³-hybridized carbons (Fsp3) is 0.125. The van der Waals surface area contributed by atoms with Gasteiger partial charge in [0.25, 0.3) is 5.91 Å². The van der Waals surface area contributed by atoms with Gasteiger partial charge in [-0.2, -0.15) is 0 Å². The van der Waals surface area contributed by atoms with Crippen LogP contribution in [0.5, 0.6) is 0 Å². The Morgan fingerprint density at radius 1 is 1.17 bits per heavy atom. The molecule has 3 aromatic rings. The average Bonchev–Trinajstić information content (AvgIpc) is 2.99. The zero-order valence-corrected chi connectivity index (χ0v) is 12.8. The van der Waals surface area contributed by atoms with E-state index in [0.29, 0.717) is 23.9 Å². The van der Waals surface area contributed by atoms with Crippen molar-refractivity contribution in [2.24, 2.45) is 0 Å². The molecular formula is C16H14FN5O2. The standard InChI is InChI=1S/C16H14FN5O2/c1-10-6-15(22-24-10)21-16(23)13-7-14(20-9-19-13)18-8-11-2-4-12(17)5-3-11/h2-7,9H,8H2,1H3,(H,18,19,20)(H,21,22,23). The third-order valence-electron chi connectivity index (χ3n) is 3.16. The molecule has 7 nitrogen and oxygen atoms in total. The molecule has 0 saturated heterocycles. The van der Waals surface area contributed by atoms with E-state index in [1.54, 1.807) is 25.1 Å². The van der Waals surface area contributed by atoms with Crippen LogP contribution < -0.4 is 10.6 Å². The minimum absolute atomic E-state index is 0.187. The monoisotopic (exact) mass is 327 g/mol. The van der Waals surface area contributed by atoms with Gasteiger partial charge >= 0.3 is 0 Å². The fourth-order valence-electron chi connectivity index (χ4n) is 1.98. The lowest BCUT2D eigenvalue weighted by atomic mass is 10.2. The Bertz CT molecular complexity index is 848. The number of hydrogen-bond donors (Lipinski definition) is 2. The largest absolute Gasteiger partial charge is 0.366 e. The summed E-state index contributed by atoms with van der Waals surface area (Å²) in [6, 6.07) is 9.23. The van der Waals surface area contributed by atoms with Crippen LogP contribution in [0.1, 0.15) is 21.8 Å². The first-order chi connectivity index (χ1) is 11.6. The number of anilines is 2. The van der Waals surface area contributed by atoms with Gasteiger partial charge in [0.1, 0.15) is 29.4 Å². The van der Waals surface area contributed by atoms with Crippen LogP contribution in [0, 0.1) is 12.7 Å². The number of halogens is 1. The molecular weight excluding hydrogens is 313 g/mol. The minimum Gasteiger partial charge on any atom is -0.366 e. The van der Waals surface area contributed by atoms with Crippen LogP contribution in [0.25, 0.3) is 0 Å². The maximum atomic E-state index is 12.9. The molecule has 0 aliphatic carbocycles.